The number of carbonyl (C=O) groups is 1. The van der Waals surface area contributed by atoms with Crippen molar-refractivity contribution in [3.63, 3.8) is 0 Å². The molecular formula is C12H12N4O. The number of benzene rings is 1. The zero-order valence-corrected chi connectivity index (χ0v) is 9.13. The Hall–Kier alpha value is -2.43. The highest BCUT2D eigenvalue weighted by molar-refractivity contribution is 5.93. The van der Waals surface area contributed by atoms with Crippen molar-refractivity contribution in [2.24, 2.45) is 5.73 Å². The number of nitrogens with zero attached hydrogens (tertiary/aromatic N) is 2. The molecule has 0 saturated heterocycles. The first-order chi connectivity index (χ1) is 8.25. The van der Waals surface area contributed by atoms with Gasteiger partial charge in [0, 0.05) is 23.6 Å². The van der Waals surface area contributed by atoms with Gasteiger partial charge >= 0.3 is 0 Å². The van der Waals surface area contributed by atoms with Gasteiger partial charge in [-0.25, -0.2) is 9.97 Å². The van der Waals surface area contributed by atoms with Gasteiger partial charge in [-0.3, -0.25) is 4.79 Å². The standard InChI is InChI=1S/C12H12N4O/c13-12(17)9-3-1-4-10(7-9)16-8-11-14-5-2-6-15-11/h1-7,16H,8H2,(H2,13,17). The second kappa shape index (κ2) is 5.07. The van der Waals surface area contributed by atoms with E-state index in [0.29, 0.717) is 17.9 Å². The van der Waals surface area contributed by atoms with Gasteiger partial charge in [0.25, 0.3) is 0 Å². The lowest BCUT2D eigenvalue weighted by Crippen LogP contribution is -2.11. The number of anilines is 1. The number of carbonyl (C=O) groups excluding carboxylic acids is 1. The van der Waals surface area contributed by atoms with Crippen LogP contribution in [0.5, 0.6) is 0 Å². The largest absolute Gasteiger partial charge is 0.378 e. The molecule has 0 aliphatic heterocycles. The summed E-state index contributed by atoms with van der Waals surface area (Å²) in [5.41, 5.74) is 6.49. The highest BCUT2D eigenvalue weighted by atomic mass is 16.1. The zero-order chi connectivity index (χ0) is 12.1. The van der Waals surface area contributed by atoms with Crippen LogP contribution >= 0.6 is 0 Å². The molecule has 1 amide bonds. The van der Waals surface area contributed by atoms with Gasteiger partial charge in [-0.05, 0) is 24.3 Å². The Morgan fingerprint density at radius 1 is 1.24 bits per heavy atom. The van der Waals surface area contributed by atoms with Crippen LogP contribution in [0.4, 0.5) is 5.69 Å². The molecule has 0 radical (unpaired) electrons. The normalized spacial score (nSPS) is 9.88. The minimum absolute atomic E-state index is 0.440. The van der Waals surface area contributed by atoms with E-state index in [9.17, 15) is 4.79 Å². The van der Waals surface area contributed by atoms with Gasteiger partial charge in [-0.2, -0.15) is 0 Å². The number of rotatable bonds is 4. The molecule has 86 valence electrons. The van der Waals surface area contributed by atoms with Crippen LogP contribution in [0.3, 0.4) is 0 Å². The fourth-order valence-electron chi connectivity index (χ4n) is 1.38. The molecule has 0 saturated carbocycles. The fourth-order valence-corrected chi connectivity index (χ4v) is 1.38. The molecule has 1 aromatic heterocycles. The second-order valence-corrected chi connectivity index (χ2v) is 3.46. The van der Waals surface area contributed by atoms with E-state index < -0.39 is 5.91 Å². The molecule has 5 heteroatoms. The quantitative estimate of drug-likeness (QED) is 0.823. The van der Waals surface area contributed by atoms with Crippen LogP contribution in [-0.2, 0) is 6.54 Å². The molecule has 0 fully saturated rings. The van der Waals surface area contributed by atoms with E-state index in [-0.39, 0.29) is 0 Å². The van der Waals surface area contributed by atoms with Gasteiger partial charge in [-0.1, -0.05) is 6.07 Å². The average Bonchev–Trinajstić information content (AvgIpc) is 2.38. The molecule has 2 aromatic rings. The number of amides is 1. The van der Waals surface area contributed by atoms with Crippen molar-refractivity contribution in [1.82, 2.24) is 9.97 Å². The predicted molar refractivity (Wildman–Crippen MR) is 64.3 cm³/mol. The van der Waals surface area contributed by atoms with Crippen LogP contribution in [-0.4, -0.2) is 15.9 Å². The van der Waals surface area contributed by atoms with Crippen molar-refractivity contribution >= 4 is 11.6 Å². The van der Waals surface area contributed by atoms with Gasteiger partial charge in [0.2, 0.25) is 5.91 Å². The molecule has 2 rings (SSSR count). The topological polar surface area (TPSA) is 80.9 Å². The van der Waals surface area contributed by atoms with E-state index in [4.69, 9.17) is 5.73 Å². The lowest BCUT2D eigenvalue weighted by molar-refractivity contribution is 0.100. The molecule has 3 N–H and O–H groups in total. The smallest absolute Gasteiger partial charge is 0.248 e. The van der Waals surface area contributed by atoms with Crippen molar-refractivity contribution in [1.29, 1.82) is 0 Å². The average molecular weight is 228 g/mol. The Bertz CT molecular complexity index is 513. The van der Waals surface area contributed by atoms with E-state index >= 15 is 0 Å². The first kappa shape index (κ1) is 11.1. The van der Waals surface area contributed by atoms with Crippen LogP contribution in [0, 0.1) is 0 Å². The van der Waals surface area contributed by atoms with Crippen LogP contribution in [0.25, 0.3) is 0 Å². The summed E-state index contributed by atoms with van der Waals surface area (Å²) in [6, 6.07) is 8.76. The molecule has 0 bridgehead atoms. The maximum absolute atomic E-state index is 11.0. The van der Waals surface area contributed by atoms with Crippen molar-refractivity contribution in [3.05, 3.63) is 54.1 Å². The van der Waals surface area contributed by atoms with Crippen molar-refractivity contribution < 1.29 is 4.79 Å². The van der Waals surface area contributed by atoms with Crippen LogP contribution in [0.1, 0.15) is 16.2 Å². The highest BCUT2D eigenvalue weighted by Gasteiger charge is 2.01. The molecule has 0 spiro atoms. The molecule has 1 aromatic carbocycles. The Kier molecular flexibility index (Phi) is 3.30. The van der Waals surface area contributed by atoms with E-state index in [2.05, 4.69) is 15.3 Å². The summed E-state index contributed by atoms with van der Waals surface area (Å²) < 4.78 is 0. The summed E-state index contributed by atoms with van der Waals surface area (Å²) in [6.45, 7) is 0.503. The Balaban J connectivity index is 2.04. The van der Waals surface area contributed by atoms with Gasteiger partial charge in [0.15, 0.2) is 0 Å². The lowest BCUT2D eigenvalue weighted by atomic mass is 10.2. The van der Waals surface area contributed by atoms with Crippen LogP contribution < -0.4 is 11.1 Å². The lowest BCUT2D eigenvalue weighted by Gasteiger charge is -2.06. The van der Waals surface area contributed by atoms with Gasteiger partial charge in [-0.15, -0.1) is 0 Å². The maximum Gasteiger partial charge on any atom is 0.248 e. The highest BCUT2D eigenvalue weighted by Crippen LogP contribution is 2.10. The SMILES string of the molecule is NC(=O)c1cccc(NCc2ncccn2)c1. The van der Waals surface area contributed by atoms with Crippen molar-refractivity contribution in [3.8, 4) is 0 Å². The number of hydrogen-bond donors (Lipinski definition) is 2. The Morgan fingerprint density at radius 2 is 2.00 bits per heavy atom. The third kappa shape index (κ3) is 3.01. The van der Waals surface area contributed by atoms with E-state index in [1.165, 1.54) is 0 Å². The molecule has 17 heavy (non-hydrogen) atoms. The summed E-state index contributed by atoms with van der Waals surface area (Å²) in [7, 11) is 0. The summed E-state index contributed by atoms with van der Waals surface area (Å²) in [4.78, 5) is 19.2. The first-order valence-corrected chi connectivity index (χ1v) is 5.15. The van der Waals surface area contributed by atoms with Crippen molar-refractivity contribution in [2.45, 2.75) is 6.54 Å². The number of aromatic nitrogens is 2. The van der Waals surface area contributed by atoms with Gasteiger partial charge in [0.05, 0.1) is 6.54 Å². The van der Waals surface area contributed by atoms with Crippen LogP contribution in [0.15, 0.2) is 42.7 Å². The molecule has 1 heterocycles. The molecule has 0 unspecified atom stereocenters. The third-order valence-electron chi connectivity index (χ3n) is 2.22. The zero-order valence-electron chi connectivity index (χ0n) is 9.13. The predicted octanol–water partition coefficient (Wildman–Crippen LogP) is 1.19. The first-order valence-electron chi connectivity index (χ1n) is 5.15. The number of primary amides is 1. The summed E-state index contributed by atoms with van der Waals surface area (Å²) in [5, 5.41) is 3.12. The molecule has 0 aliphatic carbocycles. The molecule has 5 nitrogen and oxygen atoms in total. The van der Waals surface area contributed by atoms with Gasteiger partial charge in [0.1, 0.15) is 5.82 Å². The van der Waals surface area contributed by atoms with Crippen molar-refractivity contribution in [2.75, 3.05) is 5.32 Å². The summed E-state index contributed by atoms with van der Waals surface area (Å²) >= 11 is 0. The number of hydrogen-bond acceptors (Lipinski definition) is 4. The fraction of sp³-hybridized carbons (Fsp3) is 0.0833. The monoisotopic (exact) mass is 228 g/mol. The second-order valence-electron chi connectivity index (χ2n) is 3.46. The summed E-state index contributed by atoms with van der Waals surface area (Å²) in [5.74, 6) is 0.251. The minimum atomic E-state index is -0.440. The third-order valence-corrected chi connectivity index (χ3v) is 2.22. The molecule has 0 aliphatic rings. The van der Waals surface area contributed by atoms with Crippen LogP contribution in [0.2, 0.25) is 0 Å². The molecular weight excluding hydrogens is 216 g/mol. The number of nitrogens with one attached hydrogen (secondary N) is 1. The minimum Gasteiger partial charge on any atom is -0.378 e. The van der Waals surface area contributed by atoms with Gasteiger partial charge < -0.3 is 11.1 Å². The maximum atomic E-state index is 11.0. The molecule has 0 atom stereocenters. The number of nitrogens with two attached hydrogens (primary N) is 1. The van der Waals surface area contributed by atoms with E-state index in [1.54, 1.807) is 36.7 Å². The van der Waals surface area contributed by atoms with E-state index in [0.717, 1.165) is 5.69 Å². The Morgan fingerprint density at radius 3 is 2.71 bits per heavy atom. The summed E-state index contributed by atoms with van der Waals surface area (Å²) in [6.07, 6.45) is 3.37. The van der Waals surface area contributed by atoms with E-state index in [1.807, 2.05) is 6.07 Å². The Labute approximate surface area is 98.7 Å².